The smallest absolute Gasteiger partial charge is 0.120 e. The lowest BCUT2D eigenvalue weighted by Gasteiger charge is -2.17. The predicted molar refractivity (Wildman–Crippen MR) is 107 cm³/mol. The number of aromatic nitrogens is 1. The first-order chi connectivity index (χ1) is 12.9. The lowest BCUT2D eigenvalue weighted by molar-refractivity contribution is 0.415. The van der Waals surface area contributed by atoms with Crippen LogP contribution in [0, 0.1) is 0 Å². The van der Waals surface area contributed by atoms with Crippen molar-refractivity contribution in [2.24, 2.45) is 0 Å². The number of ether oxygens (including phenoxy) is 1. The Balaban J connectivity index is 2.07. The fourth-order valence-electron chi connectivity index (χ4n) is 3.21. The van der Waals surface area contributed by atoms with E-state index in [1.807, 2.05) is 30.5 Å². The van der Waals surface area contributed by atoms with Gasteiger partial charge in [0, 0.05) is 11.8 Å². The van der Waals surface area contributed by atoms with Crippen LogP contribution in [0.25, 0.3) is 33.5 Å². The number of methoxy groups -OCH3 is 1. The van der Waals surface area contributed by atoms with Gasteiger partial charge in [0.15, 0.2) is 0 Å². The highest BCUT2D eigenvalue weighted by Gasteiger charge is 2.17. The zero-order valence-corrected chi connectivity index (χ0v) is 14.6. The van der Waals surface area contributed by atoms with E-state index in [0.717, 1.165) is 39.3 Å². The first-order valence-electron chi connectivity index (χ1n) is 8.61. The highest BCUT2D eigenvalue weighted by molar-refractivity contribution is 5.94. The summed E-state index contributed by atoms with van der Waals surface area (Å²) in [6, 6.07) is 31.0. The number of hydrogen-bond acceptors (Lipinski definition) is 2. The van der Waals surface area contributed by atoms with Crippen molar-refractivity contribution < 1.29 is 4.74 Å². The van der Waals surface area contributed by atoms with E-state index < -0.39 is 0 Å². The molecule has 0 radical (unpaired) electrons. The molecule has 2 nitrogen and oxygen atoms in total. The Morgan fingerprint density at radius 1 is 0.654 bits per heavy atom. The predicted octanol–water partition coefficient (Wildman–Crippen LogP) is 6.09. The van der Waals surface area contributed by atoms with Crippen LogP contribution in [0.3, 0.4) is 0 Å². The molecular weight excluding hydrogens is 318 g/mol. The van der Waals surface area contributed by atoms with E-state index in [-0.39, 0.29) is 0 Å². The molecule has 0 saturated carbocycles. The molecule has 0 fully saturated rings. The molecule has 126 valence electrons. The van der Waals surface area contributed by atoms with Gasteiger partial charge in [0.05, 0.1) is 12.8 Å². The summed E-state index contributed by atoms with van der Waals surface area (Å²) in [5.41, 5.74) is 6.58. The highest BCUT2D eigenvalue weighted by atomic mass is 16.5. The Morgan fingerprint density at radius 3 is 1.65 bits per heavy atom. The van der Waals surface area contributed by atoms with Crippen molar-refractivity contribution in [2.75, 3.05) is 7.11 Å². The van der Waals surface area contributed by atoms with Crippen LogP contribution in [0.2, 0.25) is 0 Å². The van der Waals surface area contributed by atoms with Crippen LogP contribution in [0.1, 0.15) is 0 Å². The lowest BCUT2D eigenvalue weighted by atomic mass is 9.89. The van der Waals surface area contributed by atoms with Gasteiger partial charge in [-0.1, -0.05) is 66.7 Å². The number of nitrogens with zero attached hydrogens (tertiary/aromatic N) is 1. The molecule has 1 heterocycles. The van der Waals surface area contributed by atoms with Gasteiger partial charge in [0.25, 0.3) is 0 Å². The highest BCUT2D eigenvalue weighted by Crippen LogP contribution is 2.42. The number of pyridine rings is 1. The molecule has 3 aromatic carbocycles. The molecule has 4 aromatic rings. The van der Waals surface area contributed by atoms with Gasteiger partial charge in [-0.3, -0.25) is 4.98 Å². The summed E-state index contributed by atoms with van der Waals surface area (Å²) in [6.07, 6.45) is 1.84. The summed E-state index contributed by atoms with van der Waals surface area (Å²) in [6.45, 7) is 0. The van der Waals surface area contributed by atoms with E-state index in [0.29, 0.717) is 0 Å². The molecule has 0 atom stereocenters. The molecule has 0 spiro atoms. The van der Waals surface area contributed by atoms with Crippen LogP contribution in [-0.2, 0) is 0 Å². The van der Waals surface area contributed by atoms with Crippen molar-refractivity contribution in [3.63, 3.8) is 0 Å². The molecule has 2 heteroatoms. The molecule has 26 heavy (non-hydrogen) atoms. The van der Waals surface area contributed by atoms with Gasteiger partial charge in [-0.05, 0) is 46.5 Å². The number of rotatable bonds is 4. The third kappa shape index (κ3) is 3.09. The lowest BCUT2D eigenvalue weighted by Crippen LogP contribution is -1.94. The average molecular weight is 337 g/mol. The van der Waals surface area contributed by atoms with Gasteiger partial charge in [-0.15, -0.1) is 0 Å². The fourth-order valence-corrected chi connectivity index (χ4v) is 3.21. The Morgan fingerprint density at radius 2 is 1.19 bits per heavy atom. The van der Waals surface area contributed by atoms with E-state index in [1.165, 1.54) is 0 Å². The standard InChI is InChI=1S/C24H19NO/c1-26-20-16-21(18-10-4-2-5-11-18)24(23-14-8-9-15-25-23)22(17-20)19-12-6-3-7-13-19/h2-17H,1H3. The second-order valence-corrected chi connectivity index (χ2v) is 6.04. The number of hydrogen-bond donors (Lipinski definition) is 0. The van der Waals surface area contributed by atoms with Gasteiger partial charge in [0.2, 0.25) is 0 Å². The van der Waals surface area contributed by atoms with Crippen LogP contribution in [0.15, 0.2) is 97.2 Å². The Bertz CT molecular complexity index is 936. The monoisotopic (exact) mass is 337 g/mol. The minimum absolute atomic E-state index is 0.836. The molecular formula is C24H19NO. The van der Waals surface area contributed by atoms with E-state index in [9.17, 15) is 0 Å². The van der Waals surface area contributed by atoms with Crippen molar-refractivity contribution in [3.8, 4) is 39.3 Å². The zero-order chi connectivity index (χ0) is 17.8. The summed E-state index contributed by atoms with van der Waals surface area (Å²) >= 11 is 0. The zero-order valence-electron chi connectivity index (χ0n) is 14.6. The second-order valence-electron chi connectivity index (χ2n) is 6.04. The molecule has 0 aliphatic heterocycles. The van der Waals surface area contributed by atoms with Gasteiger partial charge in [-0.2, -0.15) is 0 Å². The van der Waals surface area contributed by atoms with Crippen molar-refractivity contribution in [1.29, 1.82) is 0 Å². The average Bonchev–Trinajstić information content (AvgIpc) is 2.74. The van der Waals surface area contributed by atoms with Crippen LogP contribution >= 0.6 is 0 Å². The van der Waals surface area contributed by atoms with E-state index >= 15 is 0 Å². The normalized spacial score (nSPS) is 10.5. The Kier molecular flexibility index (Phi) is 4.48. The summed E-state index contributed by atoms with van der Waals surface area (Å²) in [5.74, 6) is 0.836. The van der Waals surface area contributed by atoms with Crippen LogP contribution in [0.4, 0.5) is 0 Å². The SMILES string of the molecule is COc1cc(-c2ccccc2)c(-c2ccccn2)c(-c2ccccc2)c1. The Hall–Kier alpha value is -3.39. The molecule has 0 aliphatic carbocycles. The maximum Gasteiger partial charge on any atom is 0.120 e. The van der Waals surface area contributed by atoms with Crippen LogP contribution in [0.5, 0.6) is 5.75 Å². The minimum Gasteiger partial charge on any atom is -0.497 e. The molecule has 1 aromatic heterocycles. The maximum atomic E-state index is 5.61. The summed E-state index contributed by atoms with van der Waals surface area (Å²) in [4.78, 5) is 4.64. The maximum absolute atomic E-state index is 5.61. The van der Waals surface area contributed by atoms with Gasteiger partial charge >= 0.3 is 0 Å². The van der Waals surface area contributed by atoms with Gasteiger partial charge in [-0.25, -0.2) is 0 Å². The van der Waals surface area contributed by atoms with E-state index in [2.05, 4.69) is 71.7 Å². The molecule has 0 unspecified atom stereocenters. The van der Waals surface area contributed by atoms with Crippen molar-refractivity contribution in [1.82, 2.24) is 4.98 Å². The van der Waals surface area contributed by atoms with Crippen molar-refractivity contribution >= 4 is 0 Å². The minimum atomic E-state index is 0.836. The summed E-state index contributed by atoms with van der Waals surface area (Å²) in [7, 11) is 1.71. The van der Waals surface area contributed by atoms with Crippen molar-refractivity contribution in [3.05, 3.63) is 97.2 Å². The quantitative estimate of drug-likeness (QED) is 0.449. The summed E-state index contributed by atoms with van der Waals surface area (Å²) < 4.78 is 5.61. The summed E-state index contributed by atoms with van der Waals surface area (Å²) in [5, 5.41) is 0. The van der Waals surface area contributed by atoms with Gasteiger partial charge in [0.1, 0.15) is 5.75 Å². The second kappa shape index (κ2) is 7.24. The van der Waals surface area contributed by atoms with Crippen molar-refractivity contribution in [2.45, 2.75) is 0 Å². The van der Waals surface area contributed by atoms with E-state index in [1.54, 1.807) is 7.11 Å². The van der Waals surface area contributed by atoms with E-state index in [4.69, 9.17) is 4.74 Å². The Labute approximate surface area is 153 Å². The molecule has 0 aliphatic rings. The molecule has 0 N–H and O–H groups in total. The number of benzene rings is 3. The third-order valence-electron chi connectivity index (χ3n) is 4.44. The topological polar surface area (TPSA) is 22.1 Å². The molecule has 0 saturated heterocycles. The first kappa shape index (κ1) is 16.1. The van der Waals surface area contributed by atoms with Crippen LogP contribution in [-0.4, -0.2) is 12.1 Å². The largest absolute Gasteiger partial charge is 0.497 e. The third-order valence-corrected chi connectivity index (χ3v) is 4.44. The molecule has 0 amide bonds. The first-order valence-corrected chi connectivity index (χ1v) is 8.61. The molecule has 4 rings (SSSR count). The van der Waals surface area contributed by atoms with Gasteiger partial charge < -0.3 is 4.74 Å². The molecule has 0 bridgehead atoms. The fraction of sp³-hybridized carbons (Fsp3) is 0.0417. The van der Waals surface area contributed by atoms with Crippen LogP contribution < -0.4 is 4.74 Å².